The predicted molar refractivity (Wildman–Crippen MR) is 84.4 cm³/mol. The first kappa shape index (κ1) is 14.9. The van der Waals surface area contributed by atoms with Crippen LogP contribution in [0.3, 0.4) is 0 Å². The van der Waals surface area contributed by atoms with Crippen LogP contribution < -0.4 is 10.1 Å². The third-order valence-electron chi connectivity index (χ3n) is 4.02. The molecule has 118 valence electrons. The van der Waals surface area contributed by atoms with Crippen LogP contribution in [0.15, 0.2) is 29.3 Å². The number of aliphatic imine (C=N–C) groups is 1. The van der Waals surface area contributed by atoms with E-state index in [0.29, 0.717) is 18.3 Å². The summed E-state index contributed by atoms with van der Waals surface area (Å²) in [5, 5.41) is 2.94. The topological polar surface area (TPSA) is 59.9 Å². The van der Waals surface area contributed by atoms with Crippen molar-refractivity contribution < 1.29 is 14.3 Å². The molecule has 2 aliphatic rings. The quantitative estimate of drug-likeness (QED) is 0.932. The van der Waals surface area contributed by atoms with Gasteiger partial charge < -0.3 is 14.8 Å². The van der Waals surface area contributed by atoms with E-state index in [4.69, 9.17) is 9.47 Å². The van der Waals surface area contributed by atoms with E-state index in [2.05, 4.69) is 10.3 Å². The van der Waals surface area contributed by atoms with Crippen molar-refractivity contribution in [3.05, 3.63) is 29.8 Å². The molecule has 1 unspecified atom stereocenters. The molecule has 1 aliphatic carbocycles. The van der Waals surface area contributed by atoms with Crippen molar-refractivity contribution in [1.29, 1.82) is 0 Å². The Morgan fingerprint density at radius 3 is 2.86 bits per heavy atom. The van der Waals surface area contributed by atoms with Crippen LogP contribution in [-0.2, 0) is 4.74 Å². The van der Waals surface area contributed by atoms with Gasteiger partial charge in [0.25, 0.3) is 0 Å². The lowest BCUT2D eigenvalue weighted by Crippen LogP contribution is -2.38. The predicted octanol–water partition coefficient (Wildman–Crippen LogP) is 3.27. The normalized spacial score (nSPS) is 21.9. The number of amides is 1. The Kier molecular flexibility index (Phi) is 4.61. The van der Waals surface area contributed by atoms with Crippen LogP contribution in [0.2, 0.25) is 0 Å². The second-order valence-electron chi connectivity index (χ2n) is 5.99. The lowest BCUT2D eigenvalue weighted by atomic mass is 9.96. The Bertz CT molecular complexity index is 565. The first-order valence-electron chi connectivity index (χ1n) is 8.00. The van der Waals surface area contributed by atoms with Crippen molar-refractivity contribution in [2.75, 3.05) is 6.61 Å². The smallest absolute Gasteiger partial charge is 0.412 e. The maximum atomic E-state index is 12.0. The Labute approximate surface area is 130 Å². The van der Waals surface area contributed by atoms with E-state index in [-0.39, 0.29) is 18.2 Å². The van der Waals surface area contributed by atoms with E-state index in [1.54, 1.807) is 12.1 Å². The number of carbonyl (C=O) groups is 1. The average molecular weight is 302 g/mol. The van der Waals surface area contributed by atoms with Gasteiger partial charge in [-0.3, -0.25) is 0 Å². The third-order valence-corrected chi connectivity index (χ3v) is 4.02. The zero-order valence-corrected chi connectivity index (χ0v) is 12.9. The number of nitrogens with zero attached hydrogens (tertiary/aromatic N) is 1. The zero-order valence-electron chi connectivity index (χ0n) is 12.9. The monoisotopic (exact) mass is 302 g/mol. The minimum Gasteiger partial charge on any atom is -0.475 e. The van der Waals surface area contributed by atoms with Gasteiger partial charge in [0.1, 0.15) is 12.4 Å². The molecule has 1 heterocycles. The maximum Gasteiger partial charge on any atom is 0.412 e. The molecule has 0 saturated heterocycles. The standard InChI is InChI=1S/C17H22N2O3/c1-12-11-21-16(18-12)13-6-5-9-15(10-13)22-17(20)19-14-7-3-2-4-8-14/h5-6,9-10,12,14H,2-4,7-8,11H2,1H3,(H,19,20). The van der Waals surface area contributed by atoms with Crippen LogP contribution in [0.25, 0.3) is 0 Å². The number of benzene rings is 1. The largest absolute Gasteiger partial charge is 0.475 e. The molecule has 22 heavy (non-hydrogen) atoms. The van der Waals surface area contributed by atoms with Crippen molar-refractivity contribution in [2.45, 2.75) is 51.1 Å². The van der Waals surface area contributed by atoms with Gasteiger partial charge in [0, 0.05) is 11.6 Å². The van der Waals surface area contributed by atoms with Crippen molar-refractivity contribution >= 4 is 12.0 Å². The summed E-state index contributed by atoms with van der Waals surface area (Å²) in [7, 11) is 0. The van der Waals surface area contributed by atoms with E-state index < -0.39 is 0 Å². The molecular weight excluding hydrogens is 280 g/mol. The molecule has 1 saturated carbocycles. The Hall–Kier alpha value is -2.04. The van der Waals surface area contributed by atoms with Crippen molar-refractivity contribution in [3.63, 3.8) is 0 Å². The fraction of sp³-hybridized carbons (Fsp3) is 0.529. The highest BCUT2D eigenvalue weighted by atomic mass is 16.6. The average Bonchev–Trinajstić information content (AvgIpc) is 2.95. The summed E-state index contributed by atoms with van der Waals surface area (Å²) in [6, 6.07) is 7.72. The van der Waals surface area contributed by atoms with E-state index in [1.165, 1.54) is 19.3 Å². The molecule has 1 N–H and O–H groups in total. The van der Waals surface area contributed by atoms with E-state index in [9.17, 15) is 4.79 Å². The van der Waals surface area contributed by atoms with Crippen LogP contribution >= 0.6 is 0 Å². The molecule has 1 aliphatic heterocycles. The molecule has 1 fully saturated rings. The molecule has 1 amide bonds. The number of rotatable bonds is 3. The molecule has 5 heteroatoms. The molecule has 1 aromatic carbocycles. The third kappa shape index (κ3) is 3.78. The molecule has 5 nitrogen and oxygen atoms in total. The van der Waals surface area contributed by atoms with Gasteiger partial charge in [-0.25, -0.2) is 9.79 Å². The fourth-order valence-corrected chi connectivity index (χ4v) is 2.87. The number of hydrogen-bond donors (Lipinski definition) is 1. The Balaban J connectivity index is 1.60. The van der Waals surface area contributed by atoms with Crippen molar-refractivity contribution in [3.8, 4) is 5.75 Å². The first-order chi connectivity index (χ1) is 10.7. The summed E-state index contributed by atoms with van der Waals surface area (Å²) in [6.45, 7) is 2.60. The number of carbonyl (C=O) groups excluding carboxylic acids is 1. The van der Waals surface area contributed by atoms with Gasteiger partial charge in [-0.2, -0.15) is 0 Å². The Morgan fingerprint density at radius 2 is 2.14 bits per heavy atom. The molecule has 0 spiro atoms. The summed E-state index contributed by atoms with van der Waals surface area (Å²) in [5.74, 6) is 1.13. The second kappa shape index (κ2) is 6.81. The van der Waals surface area contributed by atoms with Gasteiger partial charge in [-0.05, 0) is 38.0 Å². The fourth-order valence-electron chi connectivity index (χ4n) is 2.87. The van der Waals surface area contributed by atoms with Crippen LogP contribution in [0.5, 0.6) is 5.75 Å². The van der Waals surface area contributed by atoms with E-state index in [1.807, 2.05) is 19.1 Å². The highest BCUT2D eigenvalue weighted by molar-refractivity contribution is 5.95. The van der Waals surface area contributed by atoms with Crippen LogP contribution in [0.1, 0.15) is 44.6 Å². The molecule has 1 aromatic rings. The molecule has 3 rings (SSSR count). The summed E-state index contributed by atoms with van der Waals surface area (Å²) in [6.07, 6.45) is 5.31. The molecular formula is C17H22N2O3. The SMILES string of the molecule is CC1COC(c2cccc(OC(=O)NC3CCCCC3)c2)=N1. The number of nitrogens with one attached hydrogen (secondary N) is 1. The lowest BCUT2D eigenvalue weighted by Gasteiger charge is -2.22. The minimum atomic E-state index is -0.383. The lowest BCUT2D eigenvalue weighted by molar-refractivity contribution is 0.192. The van der Waals surface area contributed by atoms with Gasteiger partial charge in [0.2, 0.25) is 5.90 Å². The summed E-state index contributed by atoms with van der Waals surface area (Å²) in [4.78, 5) is 16.4. The van der Waals surface area contributed by atoms with Crippen molar-refractivity contribution in [1.82, 2.24) is 5.32 Å². The zero-order chi connectivity index (χ0) is 15.4. The highest BCUT2D eigenvalue weighted by Gasteiger charge is 2.18. The number of hydrogen-bond acceptors (Lipinski definition) is 4. The van der Waals surface area contributed by atoms with Gasteiger partial charge in [0.05, 0.1) is 6.04 Å². The minimum absolute atomic E-state index is 0.175. The second-order valence-corrected chi connectivity index (χ2v) is 5.99. The molecule has 0 bridgehead atoms. The van der Waals surface area contributed by atoms with Crippen LogP contribution in [-0.4, -0.2) is 30.7 Å². The maximum absolute atomic E-state index is 12.0. The van der Waals surface area contributed by atoms with Crippen LogP contribution in [0, 0.1) is 0 Å². The number of ether oxygens (including phenoxy) is 2. The Morgan fingerprint density at radius 1 is 1.32 bits per heavy atom. The molecule has 0 radical (unpaired) electrons. The van der Waals surface area contributed by atoms with E-state index >= 15 is 0 Å². The van der Waals surface area contributed by atoms with Gasteiger partial charge >= 0.3 is 6.09 Å². The van der Waals surface area contributed by atoms with Gasteiger partial charge in [-0.1, -0.05) is 25.3 Å². The summed E-state index contributed by atoms with van der Waals surface area (Å²) < 4.78 is 10.9. The van der Waals surface area contributed by atoms with E-state index in [0.717, 1.165) is 18.4 Å². The highest BCUT2D eigenvalue weighted by Crippen LogP contribution is 2.20. The molecule has 1 atom stereocenters. The molecule has 0 aromatic heterocycles. The van der Waals surface area contributed by atoms with Crippen LogP contribution in [0.4, 0.5) is 4.79 Å². The van der Waals surface area contributed by atoms with Gasteiger partial charge in [-0.15, -0.1) is 0 Å². The van der Waals surface area contributed by atoms with Gasteiger partial charge in [0.15, 0.2) is 0 Å². The summed E-state index contributed by atoms with van der Waals surface area (Å²) >= 11 is 0. The van der Waals surface area contributed by atoms with Crippen molar-refractivity contribution in [2.24, 2.45) is 4.99 Å². The first-order valence-corrected chi connectivity index (χ1v) is 8.00. The summed E-state index contributed by atoms with van der Waals surface area (Å²) in [5.41, 5.74) is 0.840.